The fourth-order valence-electron chi connectivity index (χ4n) is 2.04. The number of rotatable bonds is 5. The number of urea groups is 1. The molecule has 20 heavy (non-hydrogen) atoms. The van der Waals surface area contributed by atoms with E-state index in [1.165, 1.54) is 0 Å². The summed E-state index contributed by atoms with van der Waals surface area (Å²) in [6.45, 7) is 1.95. The van der Waals surface area contributed by atoms with Crippen LogP contribution in [-0.2, 0) is 14.3 Å². The summed E-state index contributed by atoms with van der Waals surface area (Å²) < 4.78 is 4.58. The lowest BCUT2D eigenvalue weighted by Crippen LogP contribution is -2.51. The van der Waals surface area contributed by atoms with Crippen LogP contribution < -0.4 is 10.6 Å². The van der Waals surface area contributed by atoms with E-state index in [1.54, 1.807) is 0 Å². The van der Waals surface area contributed by atoms with E-state index in [0.717, 1.165) is 19.4 Å². The van der Waals surface area contributed by atoms with Gasteiger partial charge in [-0.1, -0.05) is 0 Å². The van der Waals surface area contributed by atoms with Crippen LogP contribution >= 0.6 is 0 Å². The number of nitrogens with zero attached hydrogens (tertiary/aromatic N) is 1. The quantitative estimate of drug-likeness (QED) is 0.623. The highest BCUT2D eigenvalue weighted by molar-refractivity contribution is 5.95. The molecule has 1 aliphatic rings. The van der Waals surface area contributed by atoms with E-state index in [2.05, 4.69) is 27.2 Å². The number of carbonyl (C=O) groups excluding carboxylic acids is 2. The van der Waals surface area contributed by atoms with Crippen molar-refractivity contribution in [2.45, 2.75) is 31.8 Å². The average molecular weight is 287 g/mol. The van der Waals surface area contributed by atoms with Crippen LogP contribution in [-0.4, -0.2) is 66.8 Å². The van der Waals surface area contributed by atoms with Gasteiger partial charge in [0.25, 0.3) is 5.91 Å². The minimum absolute atomic E-state index is 0.0361. The Kier molecular flexibility index (Phi) is 6.40. The lowest BCUT2D eigenvalue weighted by atomic mass is 9.99. The maximum Gasteiger partial charge on any atom is 0.329 e. The monoisotopic (exact) mass is 287 g/mol. The maximum atomic E-state index is 11.6. The zero-order valence-electron chi connectivity index (χ0n) is 11.7. The zero-order chi connectivity index (χ0) is 15.1. The van der Waals surface area contributed by atoms with Crippen molar-refractivity contribution in [3.05, 3.63) is 0 Å². The first-order valence-electron chi connectivity index (χ1n) is 6.48. The number of hydrogen-bond donors (Lipinski definition) is 3. The second-order valence-corrected chi connectivity index (χ2v) is 4.96. The maximum absolute atomic E-state index is 11.6. The number of carboxylic acid groups (broad SMARTS) is 1. The molecule has 0 aromatic rings. The number of piperidine rings is 1. The summed E-state index contributed by atoms with van der Waals surface area (Å²) >= 11 is 0. The van der Waals surface area contributed by atoms with Crippen LogP contribution in [0.25, 0.3) is 0 Å². The Balaban J connectivity index is 2.22. The van der Waals surface area contributed by atoms with Gasteiger partial charge in [0.2, 0.25) is 0 Å². The summed E-state index contributed by atoms with van der Waals surface area (Å²) in [6, 6.07) is -0.159. The molecule has 1 saturated heterocycles. The van der Waals surface area contributed by atoms with Gasteiger partial charge in [-0.3, -0.25) is 10.1 Å². The van der Waals surface area contributed by atoms with Crippen molar-refractivity contribution in [1.29, 1.82) is 0 Å². The molecule has 2 unspecified atom stereocenters. The van der Waals surface area contributed by atoms with Gasteiger partial charge >= 0.3 is 12.0 Å². The molecule has 1 heterocycles. The molecule has 0 bridgehead atoms. The van der Waals surface area contributed by atoms with Gasteiger partial charge in [-0.05, 0) is 26.8 Å². The molecule has 8 nitrogen and oxygen atoms in total. The minimum Gasteiger partial charge on any atom is -0.480 e. The molecule has 8 heteroatoms. The Morgan fingerprint density at radius 1 is 1.35 bits per heavy atom. The van der Waals surface area contributed by atoms with Crippen molar-refractivity contribution >= 4 is 17.9 Å². The first kappa shape index (κ1) is 16.4. The summed E-state index contributed by atoms with van der Waals surface area (Å²) in [4.78, 5) is 35.3. The van der Waals surface area contributed by atoms with Crippen molar-refractivity contribution in [2.75, 3.05) is 26.8 Å². The molecule has 0 spiro atoms. The van der Waals surface area contributed by atoms with Gasteiger partial charge in [0, 0.05) is 18.6 Å². The standard InChI is InChI=1S/C12H21N3O5/c1-8-5-9(3-4-15(8)2)13-12(19)14-10(16)6-20-7-11(17)18/h8-9H,3-7H2,1-2H3,(H,17,18)(H2,13,14,16,19). The van der Waals surface area contributed by atoms with E-state index < -0.39 is 31.1 Å². The van der Waals surface area contributed by atoms with Crippen molar-refractivity contribution in [1.82, 2.24) is 15.5 Å². The largest absolute Gasteiger partial charge is 0.480 e. The van der Waals surface area contributed by atoms with Gasteiger partial charge in [-0.25, -0.2) is 9.59 Å². The molecule has 0 aliphatic carbocycles. The number of hydrogen-bond acceptors (Lipinski definition) is 5. The molecule has 3 N–H and O–H groups in total. The molecule has 0 saturated carbocycles. The van der Waals surface area contributed by atoms with E-state index >= 15 is 0 Å². The highest BCUT2D eigenvalue weighted by Crippen LogP contribution is 2.14. The van der Waals surface area contributed by atoms with Gasteiger partial charge in [0.1, 0.15) is 13.2 Å². The zero-order valence-corrected chi connectivity index (χ0v) is 11.7. The van der Waals surface area contributed by atoms with E-state index in [0.29, 0.717) is 6.04 Å². The Labute approximate surface area is 117 Å². The van der Waals surface area contributed by atoms with Crippen molar-refractivity contribution in [2.24, 2.45) is 0 Å². The lowest BCUT2D eigenvalue weighted by Gasteiger charge is -2.35. The Hall–Kier alpha value is -1.67. The third-order valence-electron chi connectivity index (χ3n) is 3.26. The Bertz CT molecular complexity index is 374. The third-order valence-corrected chi connectivity index (χ3v) is 3.26. The number of amides is 3. The second-order valence-electron chi connectivity index (χ2n) is 4.96. The molecule has 0 aromatic carbocycles. The summed E-state index contributed by atoms with van der Waals surface area (Å²) in [5.74, 6) is -1.83. The first-order chi connectivity index (χ1) is 9.38. The smallest absolute Gasteiger partial charge is 0.329 e. The molecule has 114 valence electrons. The normalized spacial score (nSPS) is 23.1. The number of imide groups is 1. The highest BCUT2D eigenvalue weighted by Gasteiger charge is 2.24. The summed E-state index contributed by atoms with van der Waals surface area (Å²) in [5, 5.41) is 13.2. The SMILES string of the molecule is CC1CC(NC(=O)NC(=O)COCC(=O)O)CCN1C. The fourth-order valence-corrected chi connectivity index (χ4v) is 2.04. The molecular formula is C12H21N3O5. The first-order valence-corrected chi connectivity index (χ1v) is 6.48. The molecular weight excluding hydrogens is 266 g/mol. The predicted octanol–water partition coefficient (Wildman–Crippen LogP) is -0.604. The van der Waals surface area contributed by atoms with Crippen LogP contribution in [0.5, 0.6) is 0 Å². The molecule has 1 rings (SSSR count). The van der Waals surface area contributed by atoms with Gasteiger partial charge in [0.15, 0.2) is 0 Å². The van der Waals surface area contributed by atoms with Crippen LogP contribution in [0.2, 0.25) is 0 Å². The lowest BCUT2D eigenvalue weighted by molar-refractivity contribution is -0.143. The van der Waals surface area contributed by atoms with Crippen LogP contribution in [0.4, 0.5) is 4.79 Å². The van der Waals surface area contributed by atoms with E-state index in [-0.39, 0.29) is 6.04 Å². The molecule has 3 amide bonds. The van der Waals surface area contributed by atoms with E-state index in [9.17, 15) is 14.4 Å². The van der Waals surface area contributed by atoms with Gasteiger partial charge < -0.3 is 20.1 Å². The number of ether oxygens (including phenoxy) is 1. The van der Waals surface area contributed by atoms with Gasteiger partial charge in [0.05, 0.1) is 0 Å². The van der Waals surface area contributed by atoms with Crippen molar-refractivity contribution in [3.8, 4) is 0 Å². The average Bonchev–Trinajstić information content (AvgIpc) is 2.33. The fraction of sp³-hybridized carbons (Fsp3) is 0.750. The molecule has 2 atom stereocenters. The van der Waals surface area contributed by atoms with E-state index in [1.807, 2.05) is 7.05 Å². The van der Waals surface area contributed by atoms with Gasteiger partial charge in [-0.2, -0.15) is 0 Å². The van der Waals surface area contributed by atoms with Crippen LogP contribution in [0.1, 0.15) is 19.8 Å². The molecule has 1 aliphatic heterocycles. The number of carbonyl (C=O) groups is 3. The minimum atomic E-state index is -1.16. The molecule has 0 aromatic heterocycles. The van der Waals surface area contributed by atoms with Gasteiger partial charge in [-0.15, -0.1) is 0 Å². The number of aliphatic carboxylic acids is 1. The van der Waals surface area contributed by atoms with Crippen LogP contribution in [0, 0.1) is 0 Å². The third kappa shape index (κ3) is 5.98. The second kappa shape index (κ2) is 7.81. The van der Waals surface area contributed by atoms with Crippen molar-refractivity contribution < 1.29 is 24.2 Å². The number of likely N-dealkylation sites (tertiary alicyclic amines) is 1. The van der Waals surface area contributed by atoms with Crippen LogP contribution in [0.15, 0.2) is 0 Å². The Morgan fingerprint density at radius 2 is 2.05 bits per heavy atom. The predicted molar refractivity (Wildman–Crippen MR) is 70.2 cm³/mol. The highest BCUT2D eigenvalue weighted by atomic mass is 16.5. The van der Waals surface area contributed by atoms with Crippen LogP contribution in [0.3, 0.4) is 0 Å². The summed E-state index contributed by atoms with van der Waals surface area (Å²) in [5.41, 5.74) is 0. The number of carboxylic acids is 1. The van der Waals surface area contributed by atoms with Crippen molar-refractivity contribution in [3.63, 3.8) is 0 Å². The molecule has 0 radical (unpaired) electrons. The number of nitrogens with one attached hydrogen (secondary N) is 2. The van der Waals surface area contributed by atoms with E-state index in [4.69, 9.17) is 5.11 Å². The molecule has 1 fully saturated rings. The Morgan fingerprint density at radius 3 is 2.65 bits per heavy atom. The summed E-state index contributed by atoms with van der Waals surface area (Å²) in [6.07, 6.45) is 1.66. The summed E-state index contributed by atoms with van der Waals surface area (Å²) in [7, 11) is 2.03. The topological polar surface area (TPSA) is 108 Å².